The number of nitrogens with zero attached hydrogens (tertiary/aromatic N) is 3. The molecule has 0 aliphatic rings. The predicted octanol–water partition coefficient (Wildman–Crippen LogP) is 0.179. The Kier molecular flexibility index (Phi) is 1.81. The number of thiazole rings is 1. The number of aryl methyl sites for hydroxylation is 1. The summed E-state index contributed by atoms with van der Waals surface area (Å²) in [6.07, 6.45) is 1.72. The van der Waals surface area contributed by atoms with Crippen molar-refractivity contribution in [2.75, 3.05) is 0 Å². The van der Waals surface area contributed by atoms with Crippen molar-refractivity contribution in [3.8, 4) is 0 Å². The molecule has 54 valence electrons. The van der Waals surface area contributed by atoms with Crippen LogP contribution in [0.5, 0.6) is 0 Å². The highest BCUT2D eigenvalue weighted by Crippen LogP contribution is 1.85. The van der Waals surface area contributed by atoms with E-state index in [1.165, 1.54) is 11.3 Å². The maximum absolute atomic E-state index is 9.85. The monoisotopic (exact) mass is 159 g/mol. The summed E-state index contributed by atoms with van der Waals surface area (Å²) >= 11 is 1.23. The molecule has 1 heterocycles. The summed E-state index contributed by atoms with van der Waals surface area (Å²) in [7, 11) is 1.71. The fourth-order valence-corrected chi connectivity index (χ4v) is 1.20. The van der Waals surface area contributed by atoms with Crippen molar-refractivity contribution in [1.29, 1.82) is 0 Å². The minimum absolute atomic E-state index is 0.394. The van der Waals surface area contributed by atoms with Crippen LogP contribution in [0.2, 0.25) is 0 Å². The molecule has 5 nitrogen and oxygen atoms in total. The van der Waals surface area contributed by atoms with Crippen LogP contribution in [-0.2, 0) is 7.05 Å². The van der Waals surface area contributed by atoms with Gasteiger partial charge in [-0.3, -0.25) is 0 Å². The lowest BCUT2D eigenvalue weighted by Gasteiger charge is -1.81. The highest BCUT2D eigenvalue weighted by molar-refractivity contribution is 7.07. The summed E-state index contributed by atoms with van der Waals surface area (Å²) in [5, 5.41) is 14.0. The highest BCUT2D eigenvalue weighted by atomic mass is 32.1. The van der Waals surface area contributed by atoms with Crippen LogP contribution < -0.4 is 4.80 Å². The molecule has 0 fully saturated rings. The van der Waals surface area contributed by atoms with Gasteiger partial charge in [-0.2, -0.15) is 0 Å². The Hall–Kier alpha value is -1.17. The maximum Gasteiger partial charge on any atom is 0.262 e. The van der Waals surface area contributed by atoms with E-state index in [4.69, 9.17) is 0 Å². The molecule has 0 unspecified atom stereocenters. The van der Waals surface area contributed by atoms with Gasteiger partial charge in [0, 0.05) is 18.6 Å². The van der Waals surface area contributed by atoms with E-state index < -0.39 is 5.03 Å². The van der Waals surface area contributed by atoms with Gasteiger partial charge in [0.2, 0.25) is 0 Å². The van der Waals surface area contributed by atoms with Crippen molar-refractivity contribution in [1.82, 2.24) is 4.57 Å². The summed E-state index contributed by atoms with van der Waals surface area (Å²) < 4.78 is 1.59. The van der Waals surface area contributed by atoms with Crippen LogP contribution in [0.3, 0.4) is 0 Å². The average Bonchev–Trinajstić information content (AvgIpc) is 2.15. The fraction of sp³-hybridized carbons (Fsp3) is 0.250. The van der Waals surface area contributed by atoms with Crippen molar-refractivity contribution in [2.45, 2.75) is 0 Å². The van der Waals surface area contributed by atoms with E-state index in [0.29, 0.717) is 4.80 Å². The second-order valence-corrected chi connectivity index (χ2v) is 2.51. The molecule has 10 heavy (non-hydrogen) atoms. The molecule has 1 aromatic rings. The van der Waals surface area contributed by atoms with E-state index in [0.717, 1.165) is 0 Å². The number of rotatable bonds is 1. The molecule has 1 rings (SSSR count). The van der Waals surface area contributed by atoms with Crippen LogP contribution in [0.1, 0.15) is 0 Å². The van der Waals surface area contributed by atoms with Gasteiger partial charge in [0.1, 0.15) is 0 Å². The van der Waals surface area contributed by atoms with Crippen molar-refractivity contribution in [3.63, 3.8) is 0 Å². The topological polar surface area (TPSA) is 60.4 Å². The zero-order valence-electron chi connectivity index (χ0n) is 5.22. The largest absolute Gasteiger partial charge is 0.322 e. The minimum atomic E-state index is -0.703. The summed E-state index contributed by atoms with van der Waals surface area (Å²) in [6.45, 7) is 0. The molecule has 0 N–H and O–H groups in total. The Labute approximate surface area is 60.4 Å². The third kappa shape index (κ3) is 1.41. The predicted molar refractivity (Wildman–Crippen MR) is 35.8 cm³/mol. The van der Waals surface area contributed by atoms with E-state index in [2.05, 4.69) is 5.10 Å². The summed E-state index contributed by atoms with van der Waals surface area (Å²) in [4.78, 5) is 10.2. The SMILES string of the molecule is Cn1ccs/c1=N\[N+](=O)[O-]. The molecule has 0 saturated heterocycles. The third-order valence-electron chi connectivity index (χ3n) is 0.927. The molecule has 0 aliphatic heterocycles. The minimum Gasteiger partial charge on any atom is -0.322 e. The van der Waals surface area contributed by atoms with Gasteiger partial charge in [0.25, 0.3) is 4.80 Å². The van der Waals surface area contributed by atoms with Crippen molar-refractivity contribution < 1.29 is 5.03 Å². The van der Waals surface area contributed by atoms with Crippen LogP contribution in [0.25, 0.3) is 0 Å². The van der Waals surface area contributed by atoms with Gasteiger partial charge in [0.15, 0.2) is 5.03 Å². The molecular formula is C4H5N3O2S. The molecule has 0 amide bonds. The normalized spacial score (nSPS) is 11.9. The van der Waals surface area contributed by atoms with E-state index in [1.807, 2.05) is 0 Å². The van der Waals surface area contributed by atoms with Gasteiger partial charge in [-0.25, -0.2) is 10.1 Å². The summed E-state index contributed by atoms with van der Waals surface area (Å²) in [6, 6.07) is 0. The zero-order valence-corrected chi connectivity index (χ0v) is 6.04. The maximum atomic E-state index is 9.85. The quantitative estimate of drug-likeness (QED) is 0.433. The van der Waals surface area contributed by atoms with Crippen LogP contribution in [0.15, 0.2) is 16.7 Å². The van der Waals surface area contributed by atoms with Gasteiger partial charge in [-0.1, -0.05) is 11.3 Å². The number of nitro groups is 1. The van der Waals surface area contributed by atoms with Gasteiger partial charge in [-0.15, -0.1) is 0 Å². The lowest BCUT2D eigenvalue weighted by atomic mass is 10.9. The number of aromatic nitrogens is 1. The van der Waals surface area contributed by atoms with E-state index in [-0.39, 0.29) is 0 Å². The van der Waals surface area contributed by atoms with Crippen molar-refractivity contribution in [2.24, 2.45) is 12.1 Å². The zero-order chi connectivity index (χ0) is 7.56. The molecule has 6 heteroatoms. The molecule has 0 atom stereocenters. The Morgan fingerprint density at radius 2 is 2.60 bits per heavy atom. The summed E-state index contributed by atoms with van der Waals surface area (Å²) in [5.41, 5.74) is 0. The van der Waals surface area contributed by atoms with E-state index in [1.54, 1.807) is 23.2 Å². The van der Waals surface area contributed by atoms with Crippen LogP contribution in [0.4, 0.5) is 0 Å². The first-order valence-electron chi connectivity index (χ1n) is 2.49. The second kappa shape index (κ2) is 2.61. The molecule has 1 aromatic heterocycles. The first kappa shape index (κ1) is 6.94. The molecular weight excluding hydrogens is 154 g/mol. The summed E-state index contributed by atoms with van der Waals surface area (Å²) in [5.74, 6) is 0. The molecule has 0 bridgehead atoms. The van der Waals surface area contributed by atoms with Gasteiger partial charge in [0.05, 0.1) is 5.10 Å². The van der Waals surface area contributed by atoms with Crippen LogP contribution >= 0.6 is 11.3 Å². The van der Waals surface area contributed by atoms with Crippen LogP contribution in [-0.4, -0.2) is 9.60 Å². The Balaban J connectivity index is 3.15. The van der Waals surface area contributed by atoms with Crippen molar-refractivity contribution in [3.05, 3.63) is 26.5 Å². The first-order chi connectivity index (χ1) is 4.70. The second-order valence-electron chi connectivity index (χ2n) is 1.63. The first-order valence-corrected chi connectivity index (χ1v) is 3.37. The molecule has 0 spiro atoms. The average molecular weight is 159 g/mol. The number of hydrogen-bond acceptors (Lipinski definition) is 3. The lowest BCUT2D eigenvalue weighted by molar-refractivity contribution is -0.490. The smallest absolute Gasteiger partial charge is 0.262 e. The molecule has 0 aromatic carbocycles. The van der Waals surface area contributed by atoms with Crippen molar-refractivity contribution >= 4 is 11.3 Å². The molecule has 0 radical (unpaired) electrons. The third-order valence-corrected chi connectivity index (χ3v) is 1.77. The van der Waals surface area contributed by atoms with E-state index in [9.17, 15) is 10.1 Å². The van der Waals surface area contributed by atoms with Crippen LogP contribution in [0, 0.1) is 10.1 Å². The fourth-order valence-electron chi connectivity index (χ4n) is 0.493. The Morgan fingerprint density at radius 1 is 1.90 bits per heavy atom. The molecule has 0 aliphatic carbocycles. The lowest BCUT2D eigenvalue weighted by Crippen LogP contribution is -2.11. The highest BCUT2D eigenvalue weighted by Gasteiger charge is 1.93. The van der Waals surface area contributed by atoms with Gasteiger partial charge in [-0.05, 0) is 0 Å². The standard InChI is InChI=1S/C4H5N3O2S/c1-6-2-3-10-4(6)5-7(8)9/h2-3H,1H3/b5-4-. The molecule has 0 saturated carbocycles. The van der Waals surface area contributed by atoms with Gasteiger partial charge >= 0.3 is 0 Å². The number of hydrogen-bond donors (Lipinski definition) is 0. The Morgan fingerprint density at radius 3 is 3.00 bits per heavy atom. The Bertz CT molecular complexity index is 299. The van der Waals surface area contributed by atoms with Gasteiger partial charge < -0.3 is 4.57 Å². The van der Waals surface area contributed by atoms with E-state index >= 15 is 0 Å².